The zero-order valence-corrected chi connectivity index (χ0v) is 14.9. The van der Waals surface area contributed by atoms with Gasteiger partial charge in [-0.25, -0.2) is 0 Å². The number of carbonyl (C=O) groups is 2. The van der Waals surface area contributed by atoms with Crippen LogP contribution in [0.1, 0.15) is 60.3 Å². The van der Waals surface area contributed by atoms with Crippen LogP contribution in [0, 0.1) is 17.8 Å². The van der Waals surface area contributed by atoms with Crippen LogP contribution >= 0.6 is 0 Å². The van der Waals surface area contributed by atoms with Crippen molar-refractivity contribution in [1.82, 2.24) is 5.32 Å². The van der Waals surface area contributed by atoms with E-state index in [9.17, 15) is 9.59 Å². The van der Waals surface area contributed by atoms with Gasteiger partial charge in [0.1, 0.15) is 0 Å². The first-order valence-electron chi connectivity index (χ1n) is 8.47. The van der Waals surface area contributed by atoms with Crippen molar-refractivity contribution < 1.29 is 9.59 Å². The van der Waals surface area contributed by atoms with Crippen LogP contribution in [0.15, 0.2) is 0 Å². The summed E-state index contributed by atoms with van der Waals surface area (Å²) in [4.78, 5) is 24.1. The van der Waals surface area contributed by atoms with Crippen molar-refractivity contribution in [1.29, 1.82) is 0 Å². The quantitative estimate of drug-likeness (QED) is 0.507. The van der Waals surface area contributed by atoms with E-state index in [0.717, 1.165) is 12.8 Å². The number of hydrogen-bond donors (Lipinski definition) is 3. The van der Waals surface area contributed by atoms with Gasteiger partial charge in [-0.15, -0.1) is 0 Å². The van der Waals surface area contributed by atoms with Gasteiger partial charge in [0.2, 0.25) is 5.91 Å². The van der Waals surface area contributed by atoms with Gasteiger partial charge >= 0.3 is 0 Å². The molecule has 0 aliphatic heterocycles. The normalized spacial score (nSPS) is 15.7. The first-order chi connectivity index (χ1) is 10.1. The van der Waals surface area contributed by atoms with E-state index in [4.69, 9.17) is 11.5 Å². The molecule has 0 aromatic heterocycles. The van der Waals surface area contributed by atoms with E-state index < -0.39 is 12.0 Å². The first-order valence-corrected chi connectivity index (χ1v) is 8.47. The molecule has 0 rings (SSSR count). The SMILES string of the molecule is CC(C)CCNC(=O)C(C)C(=O)C(N)CCC(N)CC(C)C. The van der Waals surface area contributed by atoms with Gasteiger partial charge in [-0.3, -0.25) is 9.59 Å². The highest BCUT2D eigenvalue weighted by molar-refractivity contribution is 6.03. The van der Waals surface area contributed by atoms with E-state index in [1.165, 1.54) is 0 Å². The van der Waals surface area contributed by atoms with Crippen LogP contribution in [0.5, 0.6) is 0 Å². The summed E-state index contributed by atoms with van der Waals surface area (Å²) >= 11 is 0. The van der Waals surface area contributed by atoms with Crippen LogP contribution in [0.3, 0.4) is 0 Å². The van der Waals surface area contributed by atoms with Crippen LogP contribution in [-0.2, 0) is 9.59 Å². The Balaban J connectivity index is 4.17. The molecule has 130 valence electrons. The summed E-state index contributed by atoms with van der Waals surface area (Å²) in [7, 11) is 0. The molecule has 0 aromatic carbocycles. The summed E-state index contributed by atoms with van der Waals surface area (Å²) in [5.41, 5.74) is 11.9. The average molecular weight is 313 g/mol. The molecule has 0 heterocycles. The number of hydrogen-bond acceptors (Lipinski definition) is 4. The Kier molecular flexibility index (Phi) is 10.3. The van der Waals surface area contributed by atoms with Gasteiger partial charge < -0.3 is 16.8 Å². The summed E-state index contributed by atoms with van der Waals surface area (Å²) in [6.45, 7) is 10.7. The molecule has 0 aliphatic carbocycles. The van der Waals surface area contributed by atoms with Crippen molar-refractivity contribution in [2.24, 2.45) is 29.2 Å². The van der Waals surface area contributed by atoms with Gasteiger partial charge in [-0.2, -0.15) is 0 Å². The van der Waals surface area contributed by atoms with Gasteiger partial charge in [0.25, 0.3) is 0 Å². The third kappa shape index (κ3) is 9.15. The summed E-state index contributed by atoms with van der Waals surface area (Å²) in [5, 5.41) is 2.80. The average Bonchev–Trinajstić information content (AvgIpc) is 2.41. The molecule has 0 saturated carbocycles. The smallest absolute Gasteiger partial charge is 0.230 e. The van der Waals surface area contributed by atoms with Crippen LogP contribution in [-0.4, -0.2) is 30.3 Å². The molecule has 3 unspecified atom stereocenters. The second-order valence-corrected chi connectivity index (χ2v) is 7.17. The molecule has 3 atom stereocenters. The Morgan fingerprint density at radius 3 is 2.00 bits per heavy atom. The predicted octanol–water partition coefficient (Wildman–Crippen LogP) is 1.83. The standard InChI is InChI=1S/C17H35N3O2/c1-11(2)8-9-20-17(22)13(5)16(21)15(19)7-6-14(18)10-12(3)4/h11-15H,6-10,18-19H2,1-5H3,(H,20,22). The number of nitrogens with one attached hydrogen (secondary N) is 1. The zero-order chi connectivity index (χ0) is 17.3. The molecular formula is C17H35N3O2. The van der Waals surface area contributed by atoms with Crippen LogP contribution in [0.4, 0.5) is 0 Å². The molecule has 0 radical (unpaired) electrons. The van der Waals surface area contributed by atoms with Crippen molar-refractivity contribution >= 4 is 11.7 Å². The zero-order valence-electron chi connectivity index (χ0n) is 14.9. The Morgan fingerprint density at radius 2 is 1.50 bits per heavy atom. The summed E-state index contributed by atoms with van der Waals surface area (Å²) < 4.78 is 0. The highest BCUT2D eigenvalue weighted by Crippen LogP contribution is 2.11. The fraction of sp³-hybridized carbons (Fsp3) is 0.882. The maximum absolute atomic E-state index is 12.2. The third-order valence-corrected chi connectivity index (χ3v) is 3.83. The van der Waals surface area contributed by atoms with Crippen molar-refractivity contribution in [3.63, 3.8) is 0 Å². The van der Waals surface area contributed by atoms with E-state index in [2.05, 4.69) is 33.0 Å². The summed E-state index contributed by atoms with van der Waals surface area (Å²) in [6, 6.07) is -0.543. The number of carbonyl (C=O) groups excluding carboxylic acids is 2. The molecular weight excluding hydrogens is 278 g/mol. The summed E-state index contributed by atoms with van der Waals surface area (Å²) in [6.07, 6.45) is 3.08. The highest BCUT2D eigenvalue weighted by atomic mass is 16.2. The van der Waals surface area contributed by atoms with E-state index in [1.807, 2.05) is 0 Å². The lowest BCUT2D eigenvalue weighted by atomic mass is 9.93. The number of amides is 1. The Labute approximate surface area is 135 Å². The van der Waals surface area contributed by atoms with Gasteiger partial charge in [0.05, 0.1) is 12.0 Å². The van der Waals surface area contributed by atoms with Crippen molar-refractivity contribution in [3.8, 4) is 0 Å². The molecule has 1 amide bonds. The van der Waals surface area contributed by atoms with E-state index in [0.29, 0.717) is 31.2 Å². The van der Waals surface area contributed by atoms with Gasteiger partial charge in [0, 0.05) is 12.6 Å². The molecule has 5 nitrogen and oxygen atoms in total. The molecule has 5 N–H and O–H groups in total. The van der Waals surface area contributed by atoms with Gasteiger partial charge in [-0.1, -0.05) is 27.7 Å². The number of Topliss-reactive ketones (excluding diaryl/α,β-unsaturated/α-hetero) is 1. The van der Waals surface area contributed by atoms with Crippen LogP contribution < -0.4 is 16.8 Å². The fourth-order valence-electron chi connectivity index (χ4n) is 2.35. The lowest BCUT2D eigenvalue weighted by Crippen LogP contribution is -2.43. The number of ketones is 1. The van der Waals surface area contributed by atoms with Crippen LogP contribution in [0.2, 0.25) is 0 Å². The molecule has 22 heavy (non-hydrogen) atoms. The Hall–Kier alpha value is -0.940. The molecule has 0 bridgehead atoms. The molecule has 0 fully saturated rings. The number of nitrogens with two attached hydrogens (primary N) is 2. The van der Waals surface area contributed by atoms with Gasteiger partial charge in [-0.05, 0) is 44.4 Å². The molecule has 5 heteroatoms. The minimum absolute atomic E-state index is 0.0639. The second-order valence-electron chi connectivity index (χ2n) is 7.17. The van der Waals surface area contributed by atoms with E-state index in [-0.39, 0.29) is 17.7 Å². The second kappa shape index (κ2) is 10.7. The predicted molar refractivity (Wildman–Crippen MR) is 91.3 cm³/mol. The minimum Gasteiger partial charge on any atom is -0.355 e. The van der Waals surface area contributed by atoms with Crippen molar-refractivity contribution in [2.75, 3.05) is 6.54 Å². The molecule has 0 aromatic rings. The van der Waals surface area contributed by atoms with Crippen LogP contribution in [0.25, 0.3) is 0 Å². The maximum Gasteiger partial charge on any atom is 0.230 e. The largest absolute Gasteiger partial charge is 0.355 e. The van der Waals surface area contributed by atoms with Gasteiger partial charge in [0.15, 0.2) is 5.78 Å². The van der Waals surface area contributed by atoms with E-state index in [1.54, 1.807) is 6.92 Å². The minimum atomic E-state index is -0.691. The lowest BCUT2D eigenvalue weighted by molar-refractivity contribution is -0.134. The lowest BCUT2D eigenvalue weighted by Gasteiger charge is -2.19. The van der Waals surface area contributed by atoms with Crippen molar-refractivity contribution in [2.45, 2.75) is 72.4 Å². The topological polar surface area (TPSA) is 98.2 Å². The van der Waals surface area contributed by atoms with E-state index >= 15 is 0 Å². The molecule has 0 saturated heterocycles. The number of rotatable bonds is 11. The fourth-order valence-corrected chi connectivity index (χ4v) is 2.35. The third-order valence-electron chi connectivity index (χ3n) is 3.83. The maximum atomic E-state index is 12.2. The first kappa shape index (κ1) is 21.1. The summed E-state index contributed by atoms with van der Waals surface area (Å²) in [5.74, 6) is -0.0570. The highest BCUT2D eigenvalue weighted by Gasteiger charge is 2.26. The Morgan fingerprint density at radius 1 is 0.909 bits per heavy atom. The monoisotopic (exact) mass is 313 g/mol. The Bertz CT molecular complexity index is 343. The molecule has 0 aliphatic rings. The molecule has 0 spiro atoms. The van der Waals surface area contributed by atoms with Crippen molar-refractivity contribution in [3.05, 3.63) is 0 Å².